The number of aromatic nitrogens is 1. The number of rotatable bonds is 4. The van der Waals surface area contributed by atoms with Gasteiger partial charge in [-0.15, -0.1) is 11.3 Å². The summed E-state index contributed by atoms with van der Waals surface area (Å²) in [6.07, 6.45) is 0. The highest BCUT2D eigenvalue weighted by Crippen LogP contribution is 2.21. The second-order valence-corrected chi connectivity index (χ2v) is 5.15. The number of aromatic hydroxyl groups is 1. The molecule has 0 bridgehead atoms. The maximum atomic E-state index is 11.7. The van der Waals surface area contributed by atoms with Gasteiger partial charge >= 0.3 is 12.0 Å². The Morgan fingerprint density at radius 2 is 2.14 bits per heavy atom. The molecule has 2 rings (SSSR count). The second-order valence-electron chi connectivity index (χ2n) is 4.21. The molecule has 2 amide bonds. The van der Waals surface area contributed by atoms with Crippen LogP contribution in [0.4, 0.5) is 10.5 Å². The number of carbonyl (C=O) groups excluding carboxylic acids is 1. The Labute approximate surface area is 124 Å². The summed E-state index contributed by atoms with van der Waals surface area (Å²) in [4.78, 5) is 27.5. The lowest BCUT2D eigenvalue weighted by Crippen LogP contribution is -2.28. The Hall–Kier alpha value is -2.61. The summed E-state index contributed by atoms with van der Waals surface area (Å²) in [6.45, 7) is 2.20. The molecule has 1 aromatic carbocycles. The van der Waals surface area contributed by atoms with Crippen LogP contribution in [-0.4, -0.2) is 27.2 Å². The van der Waals surface area contributed by atoms with Crippen molar-refractivity contribution in [3.05, 3.63) is 39.8 Å². The van der Waals surface area contributed by atoms with Crippen molar-refractivity contribution in [3.63, 3.8) is 0 Å². The summed E-state index contributed by atoms with van der Waals surface area (Å²) in [5, 5.41) is 23.5. The predicted molar refractivity (Wildman–Crippen MR) is 77.8 cm³/mol. The quantitative estimate of drug-likeness (QED) is 0.691. The maximum absolute atomic E-state index is 11.7. The molecular weight excluding hydrogens is 294 g/mol. The molecule has 7 nitrogen and oxygen atoms in total. The second kappa shape index (κ2) is 6.23. The van der Waals surface area contributed by atoms with Crippen LogP contribution in [-0.2, 0) is 6.54 Å². The van der Waals surface area contributed by atoms with Crippen LogP contribution in [0.25, 0.3) is 0 Å². The topological polar surface area (TPSA) is 112 Å². The number of carbonyl (C=O) groups is 2. The highest BCUT2D eigenvalue weighted by Gasteiger charge is 2.11. The summed E-state index contributed by atoms with van der Waals surface area (Å²) < 4.78 is 0. The van der Waals surface area contributed by atoms with E-state index in [1.165, 1.54) is 29.5 Å². The average Bonchev–Trinajstić information content (AvgIpc) is 2.81. The van der Waals surface area contributed by atoms with Crippen molar-refractivity contribution in [2.24, 2.45) is 0 Å². The van der Waals surface area contributed by atoms with Gasteiger partial charge < -0.3 is 20.8 Å². The number of nitrogens with zero attached hydrogens (tertiary/aromatic N) is 1. The standard InChI is InChI=1S/C13H13N3O4S/c1-7-11(21-6-15-7)5-14-13(20)16-8-2-3-9(12(18)19)10(17)4-8/h2-4,6,17H,5H2,1H3,(H,18,19)(H2,14,16,20). The highest BCUT2D eigenvalue weighted by atomic mass is 32.1. The van der Waals surface area contributed by atoms with E-state index in [0.717, 1.165) is 10.6 Å². The Kier molecular flexibility index (Phi) is 4.39. The van der Waals surface area contributed by atoms with Crippen LogP contribution < -0.4 is 10.6 Å². The van der Waals surface area contributed by atoms with Crippen molar-refractivity contribution >= 4 is 29.0 Å². The molecule has 0 radical (unpaired) electrons. The number of hydrogen-bond acceptors (Lipinski definition) is 5. The summed E-state index contributed by atoms with van der Waals surface area (Å²) in [5.41, 5.74) is 2.65. The molecule has 1 heterocycles. The number of carboxylic acids is 1. The zero-order chi connectivity index (χ0) is 15.4. The van der Waals surface area contributed by atoms with E-state index in [0.29, 0.717) is 12.2 Å². The molecule has 0 aliphatic carbocycles. The number of benzene rings is 1. The van der Waals surface area contributed by atoms with Crippen LogP contribution in [0, 0.1) is 6.92 Å². The number of phenols is 1. The van der Waals surface area contributed by atoms with Crippen LogP contribution >= 0.6 is 11.3 Å². The number of aryl methyl sites for hydroxylation is 1. The molecule has 0 saturated heterocycles. The Balaban J connectivity index is 1.95. The first-order valence-electron chi connectivity index (χ1n) is 5.97. The SMILES string of the molecule is Cc1ncsc1CNC(=O)Nc1ccc(C(=O)O)c(O)c1. The van der Waals surface area contributed by atoms with Gasteiger partial charge in [0, 0.05) is 16.6 Å². The predicted octanol–water partition coefficient (Wildman–Crippen LogP) is 2.18. The number of nitrogens with one attached hydrogen (secondary N) is 2. The number of aromatic carboxylic acids is 1. The average molecular weight is 307 g/mol. The largest absolute Gasteiger partial charge is 0.507 e. The third-order valence-electron chi connectivity index (χ3n) is 2.74. The van der Waals surface area contributed by atoms with Crippen molar-refractivity contribution in [1.29, 1.82) is 0 Å². The number of amides is 2. The van der Waals surface area contributed by atoms with E-state index in [-0.39, 0.29) is 5.56 Å². The van der Waals surface area contributed by atoms with Crippen LogP contribution in [0.15, 0.2) is 23.7 Å². The van der Waals surface area contributed by atoms with Gasteiger partial charge in [-0.05, 0) is 19.1 Å². The summed E-state index contributed by atoms with van der Waals surface area (Å²) in [5.74, 6) is -1.64. The van der Waals surface area contributed by atoms with Crippen LogP contribution in [0.3, 0.4) is 0 Å². The third-order valence-corrected chi connectivity index (χ3v) is 3.68. The van der Waals surface area contributed by atoms with Crippen molar-refractivity contribution in [1.82, 2.24) is 10.3 Å². The molecule has 0 spiro atoms. The fraction of sp³-hybridized carbons (Fsp3) is 0.154. The number of thiazole rings is 1. The molecule has 0 aliphatic rings. The van der Waals surface area contributed by atoms with E-state index >= 15 is 0 Å². The molecule has 0 unspecified atom stereocenters. The van der Waals surface area contributed by atoms with Gasteiger partial charge in [0.25, 0.3) is 0 Å². The molecule has 0 saturated carbocycles. The number of hydrogen-bond donors (Lipinski definition) is 4. The van der Waals surface area contributed by atoms with Gasteiger partial charge in [0.15, 0.2) is 0 Å². The smallest absolute Gasteiger partial charge is 0.339 e. The van der Waals surface area contributed by atoms with Gasteiger partial charge in [0.1, 0.15) is 11.3 Å². The summed E-state index contributed by atoms with van der Waals surface area (Å²) >= 11 is 1.45. The molecule has 2 aromatic rings. The zero-order valence-electron chi connectivity index (χ0n) is 11.1. The minimum absolute atomic E-state index is 0.221. The van der Waals surface area contributed by atoms with Crippen LogP contribution in [0.1, 0.15) is 20.9 Å². The lowest BCUT2D eigenvalue weighted by Gasteiger charge is -2.08. The fourth-order valence-corrected chi connectivity index (χ4v) is 2.34. The van der Waals surface area contributed by atoms with Gasteiger partial charge in [0.2, 0.25) is 0 Å². The first-order valence-corrected chi connectivity index (χ1v) is 6.85. The van der Waals surface area contributed by atoms with Crippen molar-refractivity contribution in [2.45, 2.75) is 13.5 Å². The van der Waals surface area contributed by atoms with Gasteiger partial charge in [0.05, 0.1) is 17.7 Å². The van der Waals surface area contributed by atoms with Gasteiger partial charge in [-0.1, -0.05) is 0 Å². The van der Waals surface area contributed by atoms with E-state index < -0.39 is 17.7 Å². The van der Waals surface area contributed by atoms with Crippen molar-refractivity contribution < 1.29 is 19.8 Å². The van der Waals surface area contributed by atoms with E-state index in [1.807, 2.05) is 6.92 Å². The number of anilines is 1. The first kappa shape index (κ1) is 14.8. The van der Waals surface area contributed by atoms with Crippen molar-refractivity contribution in [2.75, 3.05) is 5.32 Å². The van der Waals surface area contributed by atoms with Crippen molar-refractivity contribution in [3.8, 4) is 5.75 Å². The Morgan fingerprint density at radius 1 is 1.38 bits per heavy atom. The third kappa shape index (κ3) is 3.69. The fourth-order valence-electron chi connectivity index (χ4n) is 1.62. The minimum atomic E-state index is -1.23. The minimum Gasteiger partial charge on any atom is -0.507 e. The maximum Gasteiger partial charge on any atom is 0.339 e. The molecule has 1 aromatic heterocycles. The normalized spacial score (nSPS) is 10.1. The van der Waals surface area contributed by atoms with E-state index in [2.05, 4.69) is 15.6 Å². The lowest BCUT2D eigenvalue weighted by atomic mass is 10.2. The van der Waals surface area contributed by atoms with Crippen LogP contribution in [0.5, 0.6) is 5.75 Å². The first-order chi connectivity index (χ1) is 9.97. The molecular formula is C13H13N3O4S. The summed E-state index contributed by atoms with van der Waals surface area (Å²) in [7, 11) is 0. The number of carboxylic acid groups (broad SMARTS) is 1. The zero-order valence-corrected chi connectivity index (χ0v) is 11.9. The molecule has 0 aliphatic heterocycles. The molecule has 0 fully saturated rings. The van der Waals surface area contributed by atoms with Crippen LogP contribution in [0.2, 0.25) is 0 Å². The van der Waals surface area contributed by atoms with Gasteiger partial charge in [-0.25, -0.2) is 14.6 Å². The van der Waals surface area contributed by atoms with E-state index in [4.69, 9.17) is 5.11 Å². The van der Waals surface area contributed by atoms with Gasteiger partial charge in [-0.3, -0.25) is 0 Å². The summed E-state index contributed by atoms with van der Waals surface area (Å²) in [6, 6.07) is 3.35. The molecule has 21 heavy (non-hydrogen) atoms. The lowest BCUT2D eigenvalue weighted by molar-refractivity contribution is 0.0694. The monoisotopic (exact) mass is 307 g/mol. The molecule has 0 atom stereocenters. The van der Waals surface area contributed by atoms with Gasteiger partial charge in [-0.2, -0.15) is 0 Å². The van der Waals surface area contributed by atoms with E-state index in [9.17, 15) is 14.7 Å². The Morgan fingerprint density at radius 3 is 2.71 bits per heavy atom. The molecule has 8 heteroatoms. The van der Waals surface area contributed by atoms with E-state index in [1.54, 1.807) is 5.51 Å². The number of urea groups is 1. The molecule has 110 valence electrons. The Bertz CT molecular complexity index is 684. The highest BCUT2D eigenvalue weighted by molar-refractivity contribution is 7.09. The molecule has 4 N–H and O–H groups in total.